The number of carboxylic acids is 1. The predicted octanol–water partition coefficient (Wildman–Crippen LogP) is 6.84. The van der Waals surface area contributed by atoms with Gasteiger partial charge in [-0.25, -0.2) is 9.78 Å². The zero-order valence-electron chi connectivity index (χ0n) is 18.2. The summed E-state index contributed by atoms with van der Waals surface area (Å²) in [4.78, 5) is 16.5. The number of hydrogen-bond donors (Lipinski definition) is 2. The molecule has 0 atom stereocenters. The lowest BCUT2D eigenvalue weighted by atomic mass is 10.1. The molecule has 0 saturated carbocycles. The summed E-state index contributed by atoms with van der Waals surface area (Å²) in [6.45, 7) is 3.95. The number of carboxylic acid groups (broad SMARTS) is 1. The van der Waals surface area contributed by atoms with Crippen molar-refractivity contribution in [3.05, 3.63) is 59.0 Å². The van der Waals surface area contributed by atoms with Crippen LogP contribution in [0.5, 0.6) is 5.75 Å². The number of benzene rings is 2. The molecule has 0 aliphatic carbocycles. The topological polar surface area (TPSA) is 71.5 Å². The summed E-state index contributed by atoms with van der Waals surface area (Å²) in [5.74, 6) is -0.460. The first-order chi connectivity index (χ1) is 15.0. The van der Waals surface area contributed by atoms with E-state index in [2.05, 4.69) is 43.4 Å². The van der Waals surface area contributed by atoms with Gasteiger partial charge in [0.1, 0.15) is 5.75 Å². The Kier molecular flexibility index (Phi) is 8.47. The van der Waals surface area contributed by atoms with Crippen molar-refractivity contribution in [3.8, 4) is 17.0 Å². The van der Waals surface area contributed by atoms with Gasteiger partial charge >= 0.3 is 5.97 Å². The number of unbranched alkanes of at least 4 members (excludes halogenated alkanes) is 4. The summed E-state index contributed by atoms with van der Waals surface area (Å²) in [6.07, 6.45) is 7.64. The summed E-state index contributed by atoms with van der Waals surface area (Å²) in [5.41, 5.74) is 4.31. The number of thiazole rings is 1. The van der Waals surface area contributed by atoms with E-state index in [1.807, 2.05) is 12.1 Å². The van der Waals surface area contributed by atoms with Crippen LogP contribution in [0.3, 0.4) is 0 Å². The first-order valence-electron chi connectivity index (χ1n) is 10.8. The molecule has 164 valence electrons. The Morgan fingerprint density at radius 3 is 2.42 bits per heavy atom. The average Bonchev–Trinajstić information content (AvgIpc) is 3.13. The molecule has 0 fully saturated rings. The van der Waals surface area contributed by atoms with Gasteiger partial charge in [0.25, 0.3) is 0 Å². The van der Waals surface area contributed by atoms with E-state index in [1.165, 1.54) is 37.7 Å². The number of ether oxygens (including phenoxy) is 1. The van der Waals surface area contributed by atoms with Crippen molar-refractivity contribution >= 4 is 28.1 Å². The first kappa shape index (κ1) is 22.8. The molecule has 0 aliphatic heterocycles. The molecule has 0 aliphatic rings. The summed E-state index contributed by atoms with van der Waals surface area (Å²) < 4.78 is 5.19. The molecule has 0 radical (unpaired) electrons. The Balaban J connectivity index is 1.57. The normalized spacial score (nSPS) is 10.8. The maximum absolute atomic E-state index is 10.6. The van der Waals surface area contributed by atoms with Crippen LogP contribution in [0.2, 0.25) is 0 Å². The second kappa shape index (κ2) is 11.5. The smallest absolute Gasteiger partial charge is 0.341 e. The van der Waals surface area contributed by atoms with E-state index in [9.17, 15) is 4.79 Å². The number of carbonyl (C=O) groups is 1. The predicted molar refractivity (Wildman–Crippen MR) is 128 cm³/mol. The van der Waals surface area contributed by atoms with Crippen LogP contribution in [0.15, 0.2) is 48.5 Å². The van der Waals surface area contributed by atoms with Gasteiger partial charge in [-0.15, -0.1) is 11.3 Å². The lowest BCUT2D eigenvalue weighted by molar-refractivity contribution is -0.139. The number of anilines is 2. The lowest BCUT2D eigenvalue weighted by Gasteiger charge is -2.06. The number of nitrogens with zero attached hydrogens (tertiary/aromatic N) is 1. The molecule has 0 spiro atoms. The van der Waals surface area contributed by atoms with Gasteiger partial charge in [0.05, 0.1) is 5.69 Å². The number of aryl methyl sites for hydroxylation is 2. The third-order valence-electron chi connectivity index (χ3n) is 5.06. The summed E-state index contributed by atoms with van der Waals surface area (Å²) in [7, 11) is 0. The standard InChI is InChI=1S/C25H30N2O3S/c1-3-4-5-6-7-8-19-9-13-21(14-10-19)26-25-27-24(18(2)31-25)20-11-15-22(16-12-20)30-17-23(28)29/h9-16H,3-8,17H2,1-2H3,(H,26,27)(H,28,29). The number of nitrogens with one attached hydrogen (secondary N) is 1. The lowest BCUT2D eigenvalue weighted by Crippen LogP contribution is -2.09. The highest BCUT2D eigenvalue weighted by Crippen LogP contribution is 2.32. The molecule has 31 heavy (non-hydrogen) atoms. The number of rotatable bonds is 12. The molecule has 0 unspecified atom stereocenters. The minimum absolute atomic E-state index is 0.346. The minimum Gasteiger partial charge on any atom is -0.482 e. The molecule has 2 N–H and O–H groups in total. The molecule has 1 aromatic heterocycles. The van der Waals surface area contributed by atoms with Crippen molar-refractivity contribution in [3.63, 3.8) is 0 Å². The molecule has 1 heterocycles. The molecule has 0 amide bonds. The molecule has 2 aromatic carbocycles. The maximum atomic E-state index is 10.6. The molecule has 3 rings (SSSR count). The van der Waals surface area contributed by atoms with Crippen molar-refractivity contribution in [2.24, 2.45) is 0 Å². The molecule has 0 saturated heterocycles. The van der Waals surface area contributed by atoms with Gasteiger partial charge in [-0.3, -0.25) is 0 Å². The quantitative estimate of drug-likeness (QED) is 0.303. The monoisotopic (exact) mass is 438 g/mol. The summed E-state index contributed by atoms with van der Waals surface area (Å²) >= 11 is 1.62. The fraction of sp³-hybridized carbons (Fsp3) is 0.360. The molecule has 5 nitrogen and oxygen atoms in total. The van der Waals surface area contributed by atoms with Crippen molar-refractivity contribution in [1.82, 2.24) is 4.98 Å². The molecular weight excluding hydrogens is 408 g/mol. The van der Waals surface area contributed by atoms with Crippen LogP contribution in [-0.4, -0.2) is 22.7 Å². The highest BCUT2D eigenvalue weighted by atomic mass is 32.1. The van der Waals surface area contributed by atoms with Crippen LogP contribution in [0.1, 0.15) is 49.5 Å². The van der Waals surface area contributed by atoms with E-state index in [0.717, 1.165) is 33.4 Å². The van der Waals surface area contributed by atoms with Crippen LogP contribution >= 0.6 is 11.3 Å². The van der Waals surface area contributed by atoms with Crippen LogP contribution in [0.25, 0.3) is 11.3 Å². The molecule has 0 bridgehead atoms. The Labute approximate surface area is 188 Å². The Morgan fingerprint density at radius 1 is 1.03 bits per heavy atom. The maximum Gasteiger partial charge on any atom is 0.341 e. The van der Waals surface area contributed by atoms with Crippen LogP contribution in [-0.2, 0) is 11.2 Å². The summed E-state index contributed by atoms with van der Waals surface area (Å²) in [6, 6.07) is 16.0. The van der Waals surface area contributed by atoms with Crippen LogP contribution in [0.4, 0.5) is 10.8 Å². The van der Waals surface area contributed by atoms with Crippen LogP contribution in [0, 0.1) is 6.92 Å². The van der Waals surface area contributed by atoms with Crippen LogP contribution < -0.4 is 10.1 Å². The number of hydrogen-bond acceptors (Lipinski definition) is 5. The number of aliphatic carboxylic acids is 1. The van der Waals surface area contributed by atoms with Crippen molar-refractivity contribution in [2.45, 2.75) is 52.4 Å². The van der Waals surface area contributed by atoms with E-state index >= 15 is 0 Å². The highest BCUT2D eigenvalue weighted by Gasteiger charge is 2.11. The van der Waals surface area contributed by atoms with Crippen molar-refractivity contribution < 1.29 is 14.6 Å². The van der Waals surface area contributed by atoms with Gasteiger partial charge in [-0.05, 0) is 61.7 Å². The van der Waals surface area contributed by atoms with E-state index < -0.39 is 5.97 Å². The fourth-order valence-electron chi connectivity index (χ4n) is 3.38. The van der Waals surface area contributed by atoms with Crippen molar-refractivity contribution in [1.29, 1.82) is 0 Å². The average molecular weight is 439 g/mol. The zero-order valence-corrected chi connectivity index (χ0v) is 19.0. The Bertz CT molecular complexity index is 965. The van der Waals surface area contributed by atoms with Gasteiger partial charge in [0, 0.05) is 16.1 Å². The van der Waals surface area contributed by atoms with Gasteiger partial charge in [-0.1, -0.05) is 44.7 Å². The molecular formula is C25H30N2O3S. The second-order valence-corrected chi connectivity index (χ2v) is 8.82. The number of aromatic nitrogens is 1. The largest absolute Gasteiger partial charge is 0.482 e. The summed E-state index contributed by atoms with van der Waals surface area (Å²) in [5, 5.41) is 13.0. The van der Waals surface area contributed by atoms with E-state index in [1.54, 1.807) is 23.5 Å². The van der Waals surface area contributed by atoms with Gasteiger partial charge in [0.2, 0.25) is 0 Å². The van der Waals surface area contributed by atoms with Gasteiger partial charge in [0.15, 0.2) is 11.7 Å². The van der Waals surface area contributed by atoms with Crippen molar-refractivity contribution in [2.75, 3.05) is 11.9 Å². The molecule has 6 heteroatoms. The molecule has 3 aromatic rings. The van der Waals surface area contributed by atoms with Gasteiger partial charge in [-0.2, -0.15) is 0 Å². The fourth-order valence-corrected chi connectivity index (χ4v) is 4.24. The second-order valence-electron chi connectivity index (χ2n) is 7.62. The highest BCUT2D eigenvalue weighted by molar-refractivity contribution is 7.16. The Hall–Kier alpha value is -2.86. The Morgan fingerprint density at radius 2 is 1.74 bits per heavy atom. The zero-order chi connectivity index (χ0) is 22.1. The van der Waals surface area contributed by atoms with E-state index in [0.29, 0.717) is 5.75 Å². The minimum atomic E-state index is -0.991. The third-order valence-corrected chi connectivity index (χ3v) is 5.95. The first-order valence-corrected chi connectivity index (χ1v) is 11.6. The van der Waals surface area contributed by atoms with E-state index in [4.69, 9.17) is 14.8 Å². The third kappa shape index (κ3) is 7.10. The van der Waals surface area contributed by atoms with E-state index in [-0.39, 0.29) is 6.61 Å². The van der Waals surface area contributed by atoms with Gasteiger partial charge < -0.3 is 15.2 Å². The SMILES string of the molecule is CCCCCCCc1ccc(Nc2nc(-c3ccc(OCC(=O)O)cc3)c(C)s2)cc1.